The SMILES string of the molecule is C=C(C)C(=O)OCC(COCCCCC)OC(=O)C(=C)C. The van der Waals surface area contributed by atoms with E-state index in [1.807, 2.05) is 0 Å². The molecule has 0 N–H and O–H groups in total. The van der Waals surface area contributed by atoms with E-state index >= 15 is 0 Å². The van der Waals surface area contributed by atoms with Crippen LogP contribution in [-0.4, -0.2) is 37.9 Å². The lowest BCUT2D eigenvalue weighted by molar-refractivity contribution is -0.157. The van der Waals surface area contributed by atoms with Crippen molar-refractivity contribution in [3.05, 3.63) is 24.3 Å². The van der Waals surface area contributed by atoms with Crippen LogP contribution >= 0.6 is 0 Å². The monoisotopic (exact) mass is 298 g/mol. The standard InChI is InChI=1S/C16H26O5/c1-6-7-8-9-19-10-14(21-16(18)13(4)5)11-20-15(17)12(2)3/h14H,2,4,6-11H2,1,3,5H3. The van der Waals surface area contributed by atoms with Gasteiger partial charge in [-0.1, -0.05) is 32.9 Å². The van der Waals surface area contributed by atoms with Crippen molar-refractivity contribution in [2.24, 2.45) is 0 Å². The molecule has 0 heterocycles. The van der Waals surface area contributed by atoms with Crippen LogP contribution in [0.15, 0.2) is 24.3 Å². The second-order valence-corrected chi connectivity index (χ2v) is 4.97. The summed E-state index contributed by atoms with van der Waals surface area (Å²) in [5.74, 6) is -1.04. The van der Waals surface area contributed by atoms with Gasteiger partial charge < -0.3 is 14.2 Å². The lowest BCUT2D eigenvalue weighted by atomic mass is 10.3. The van der Waals surface area contributed by atoms with Crippen molar-refractivity contribution in [1.29, 1.82) is 0 Å². The predicted molar refractivity (Wildman–Crippen MR) is 80.8 cm³/mol. The van der Waals surface area contributed by atoms with Gasteiger partial charge in [0.25, 0.3) is 0 Å². The maximum atomic E-state index is 11.5. The molecule has 5 heteroatoms. The van der Waals surface area contributed by atoms with Crippen molar-refractivity contribution >= 4 is 11.9 Å². The Morgan fingerprint density at radius 2 is 1.62 bits per heavy atom. The van der Waals surface area contributed by atoms with E-state index in [0.29, 0.717) is 12.2 Å². The molecule has 0 saturated carbocycles. The summed E-state index contributed by atoms with van der Waals surface area (Å²) in [6.07, 6.45) is 2.50. The second kappa shape index (κ2) is 11.1. The van der Waals surface area contributed by atoms with Crippen LogP contribution in [0.1, 0.15) is 40.0 Å². The van der Waals surface area contributed by atoms with Gasteiger partial charge in [0.15, 0.2) is 6.10 Å². The summed E-state index contributed by atoms with van der Waals surface area (Å²) in [4.78, 5) is 22.9. The molecular formula is C16H26O5. The number of rotatable bonds is 11. The van der Waals surface area contributed by atoms with Crippen molar-refractivity contribution in [2.75, 3.05) is 19.8 Å². The topological polar surface area (TPSA) is 61.8 Å². The van der Waals surface area contributed by atoms with Gasteiger partial charge in [0.05, 0.1) is 6.61 Å². The zero-order valence-corrected chi connectivity index (χ0v) is 13.3. The minimum atomic E-state index is -0.640. The molecule has 1 atom stereocenters. The largest absolute Gasteiger partial charge is 0.458 e. The lowest BCUT2D eigenvalue weighted by Crippen LogP contribution is -2.30. The van der Waals surface area contributed by atoms with Crippen LogP contribution in [0.5, 0.6) is 0 Å². The van der Waals surface area contributed by atoms with Crippen LogP contribution in [0.3, 0.4) is 0 Å². The smallest absolute Gasteiger partial charge is 0.333 e. The summed E-state index contributed by atoms with van der Waals surface area (Å²) in [7, 11) is 0. The molecule has 0 aromatic carbocycles. The van der Waals surface area contributed by atoms with Crippen molar-refractivity contribution in [1.82, 2.24) is 0 Å². The first-order chi connectivity index (χ1) is 9.88. The first kappa shape index (κ1) is 19.4. The average molecular weight is 298 g/mol. The molecule has 0 aliphatic carbocycles. The summed E-state index contributed by atoms with van der Waals surface area (Å²) in [5.41, 5.74) is 0.584. The van der Waals surface area contributed by atoms with Crippen molar-refractivity contribution in [3.8, 4) is 0 Å². The quantitative estimate of drug-likeness (QED) is 0.333. The molecule has 120 valence electrons. The van der Waals surface area contributed by atoms with Gasteiger partial charge >= 0.3 is 11.9 Å². The van der Waals surface area contributed by atoms with Gasteiger partial charge in [-0.2, -0.15) is 0 Å². The summed E-state index contributed by atoms with van der Waals surface area (Å²) in [6.45, 7) is 12.9. The van der Waals surface area contributed by atoms with Crippen molar-refractivity contribution in [3.63, 3.8) is 0 Å². The summed E-state index contributed by atoms with van der Waals surface area (Å²) in [5, 5.41) is 0. The molecule has 21 heavy (non-hydrogen) atoms. The van der Waals surface area contributed by atoms with E-state index in [0.717, 1.165) is 19.3 Å². The van der Waals surface area contributed by atoms with Crippen LogP contribution in [0.2, 0.25) is 0 Å². The Bertz CT molecular complexity index is 373. The fourth-order valence-electron chi connectivity index (χ4n) is 1.33. The highest BCUT2D eigenvalue weighted by Gasteiger charge is 2.18. The Kier molecular flexibility index (Phi) is 10.2. The number of carbonyl (C=O) groups is 2. The average Bonchev–Trinajstić information content (AvgIpc) is 2.43. The third kappa shape index (κ3) is 9.85. The molecule has 0 aromatic rings. The summed E-state index contributed by atoms with van der Waals surface area (Å²) in [6, 6.07) is 0. The minimum absolute atomic E-state index is 0.0571. The maximum absolute atomic E-state index is 11.5. The van der Waals surface area contributed by atoms with Gasteiger partial charge in [-0.05, 0) is 20.3 Å². The first-order valence-electron chi connectivity index (χ1n) is 7.15. The number of hydrogen-bond donors (Lipinski definition) is 0. The molecule has 0 fully saturated rings. The third-order valence-electron chi connectivity index (χ3n) is 2.57. The van der Waals surface area contributed by atoms with Gasteiger partial charge in [0.2, 0.25) is 0 Å². The van der Waals surface area contributed by atoms with E-state index in [9.17, 15) is 9.59 Å². The minimum Gasteiger partial charge on any atom is -0.458 e. The Hall–Kier alpha value is -1.62. The highest BCUT2D eigenvalue weighted by atomic mass is 16.6. The van der Waals surface area contributed by atoms with Crippen LogP contribution in [0.25, 0.3) is 0 Å². The van der Waals surface area contributed by atoms with Crippen LogP contribution in [-0.2, 0) is 23.8 Å². The molecule has 0 aromatic heterocycles. The highest BCUT2D eigenvalue weighted by Crippen LogP contribution is 2.04. The molecule has 5 nitrogen and oxygen atoms in total. The Labute approximate surface area is 126 Å². The third-order valence-corrected chi connectivity index (χ3v) is 2.57. The maximum Gasteiger partial charge on any atom is 0.333 e. The van der Waals surface area contributed by atoms with Gasteiger partial charge in [0, 0.05) is 17.8 Å². The highest BCUT2D eigenvalue weighted by molar-refractivity contribution is 5.87. The number of unbranched alkanes of at least 4 members (excludes halogenated alkanes) is 2. The van der Waals surface area contributed by atoms with Gasteiger partial charge in [-0.15, -0.1) is 0 Å². The zero-order chi connectivity index (χ0) is 16.3. The van der Waals surface area contributed by atoms with E-state index in [1.165, 1.54) is 0 Å². The Morgan fingerprint density at radius 1 is 1.00 bits per heavy atom. The van der Waals surface area contributed by atoms with E-state index in [2.05, 4.69) is 20.1 Å². The van der Waals surface area contributed by atoms with Crippen LogP contribution in [0, 0.1) is 0 Å². The summed E-state index contributed by atoms with van der Waals surface area (Å²) >= 11 is 0. The fourth-order valence-corrected chi connectivity index (χ4v) is 1.33. The first-order valence-corrected chi connectivity index (χ1v) is 7.15. The molecule has 0 saturated heterocycles. The molecular weight excluding hydrogens is 272 g/mol. The van der Waals surface area contributed by atoms with E-state index in [1.54, 1.807) is 13.8 Å². The van der Waals surface area contributed by atoms with Gasteiger partial charge in [-0.3, -0.25) is 0 Å². The molecule has 0 aliphatic rings. The normalized spacial score (nSPS) is 11.6. The Morgan fingerprint density at radius 3 is 2.14 bits per heavy atom. The lowest BCUT2D eigenvalue weighted by Gasteiger charge is -2.18. The number of esters is 2. The number of carbonyl (C=O) groups excluding carboxylic acids is 2. The van der Waals surface area contributed by atoms with Crippen molar-refractivity contribution in [2.45, 2.75) is 46.1 Å². The molecule has 0 bridgehead atoms. The van der Waals surface area contributed by atoms with E-state index in [-0.39, 0.29) is 18.8 Å². The van der Waals surface area contributed by atoms with E-state index < -0.39 is 18.0 Å². The molecule has 0 spiro atoms. The predicted octanol–water partition coefficient (Wildman–Crippen LogP) is 2.80. The Balaban J connectivity index is 4.26. The number of ether oxygens (including phenoxy) is 3. The molecule has 1 unspecified atom stereocenters. The molecule has 0 aliphatic heterocycles. The molecule has 0 rings (SSSR count). The van der Waals surface area contributed by atoms with Crippen LogP contribution < -0.4 is 0 Å². The van der Waals surface area contributed by atoms with Crippen LogP contribution in [0.4, 0.5) is 0 Å². The second-order valence-electron chi connectivity index (χ2n) is 4.97. The van der Waals surface area contributed by atoms with Crippen molar-refractivity contribution < 1.29 is 23.8 Å². The zero-order valence-electron chi connectivity index (χ0n) is 13.3. The number of hydrogen-bond acceptors (Lipinski definition) is 5. The van der Waals surface area contributed by atoms with E-state index in [4.69, 9.17) is 14.2 Å². The summed E-state index contributed by atoms with van der Waals surface area (Å²) < 4.78 is 15.6. The van der Waals surface area contributed by atoms with Gasteiger partial charge in [0.1, 0.15) is 6.61 Å². The fraction of sp³-hybridized carbons (Fsp3) is 0.625. The van der Waals surface area contributed by atoms with Gasteiger partial charge in [-0.25, -0.2) is 9.59 Å². The molecule has 0 radical (unpaired) electrons. The molecule has 0 amide bonds.